The van der Waals surface area contributed by atoms with Gasteiger partial charge in [0.05, 0.1) is 22.1 Å². The monoisotopic (exact) mass is 211 g/mol. The normalized spacial score (nSPS) is 10.6. The molecule has 2 rings (SSSR count). The Kier molecular flexibility index (Phi) is 2.44. The van der Waals surface area contributed by atoms with Crippen molar-refractivity contribution < 1.29 is 5.11 Å². The van der Waals surface area contributed by atoms with E-state index in [2.05, 4.69) is 4.98 Å². The van der Waals surface area contributed by atoms with Crippen LogP contribution in [0, 0.1) is 6.92 Å². The van der Waals surface area contributed by atoms with Crippen molar-refractivity contribution in [3.05, 3.63) is 28.1 Å². The lowest BCUT2D eigenvalue weighted by Crippen LogP contribution is -1.80. The lowest BCUT2D eigenvalue weighted by molar-refractivity contribution is 0.284. The molecule has 68 valence electrons. The Morgan fingerprint density at radius 3 is 2.92 bits per heavy atom. The lowest BCUT2D eigenvalue weighted by Gasteiger charge is -1.85. The van der Waals surface area contributed by atoms with Gasteiger partial charge in [0.25, 0.3) is 0 Å². The van der Waals surface area contributed by atoms with Crippen molar-refractivity contribution in [2.45, 2.75) is 13.5 Å². The molecule has 2 heterocycles. The molecule has 0 aliphatic rings. The van der Waals surface area contributed by atoms with Gasteiger partial charge in [-0.15, -0.1) is 22.7 Å². The maximum atomic E-state index is 9.00. The topological polar surface area (TPSA) is 33.1 Å². The smallest absolute Gasteiger partial charge is 0.133 e. The zero-order chi connectivity index (χ0) is 9.26. The third-order valence-electron chi connectivity index (χ3n) is 1.77. The first kappa shape index (κ1) is 8.87. The van der Waals surface area contributed by atoms with Gasteiger partial charge < -0.3 is 5.11 Å². The number of nitrogens with zero attached hydrogens (tertiary/aromatic N) is 1. The van der Waals surface area contributed by atoms with Gasteiger partial charge in [-0.3, -0.25) is 0 Å². The maximum Gasteiger partial charge on any atom is 0.133 e. The number of thiophene rings is 1. The standard InChI is InChI=1S/C9H9NOS2/c1-6-8(5-11)13-9(10-6)7-3-2-4-12-7/h2-4,11H,5H2,1H3. The number of aromatic nitrogens is 1. The summed E-state index contributed by atoms with van der Waals surface area (Å²) in [7, 11) is 0. The van der Waals surface area contributed by atoms with Gasteiger partial charge in [0.1, 0.15) is 5.01 Å². The number of aliphatic hydroxyl groups excluding tert-OH is 1. The van der Waals surface area contributed by atoms with Crippen molar-refractivity contribution in [2.24, 2.45) is 0 Å². The summed E-state index contributed by atoms with van der Waals surface area (Å²) in [4.78, 5) is 6.53. The Bertz CT molecular complexity index is 392. The van der Waals surface area contributed by atoms with E-state index in [4.69, 9.17) is 5.11 Å². The van der Waals surface area contributed by atoms with E-state index in [1.54, 1.807) is 22.7 Å². The Morgan fingerprint density at radius 1 is 1.54 bits per heavy atom. The SMILES string of the molecule is Cc1nc(-c2cccs2)sc1CO. The molecule has 0 saturated carbocycles. The molecule has 4 heteroatoms. The second-order valence-electron chi connectivity index (χ2n) is 2.66. The lowest BCUT2D eigenvalue weighted by atomic mass is 10.4. The van der Waals surface area contributed by atoms with Gasteiger partial charge >= 0.3 is 0 Å². The highest BCUT2D eigenvalue weighted by atomic mass is 32.1. The molecular weight excluding hydrogens is 202 g/mol. The first-order chi connectivity index (χ1) is 6.31. The van der Waals surface area contributed by atoms with Gasteiger partial charge in [-0.2, -0.15) is 0 Å². The Morgan fingerprint density at radius 2 is 2.38 bits per heavy atom. The van der Waals surface area contributed by atoms with E-state index in [0.29, 0.717) is 0 Å². The van der Waals surface area contributed by atoms with Crippen LogP contribution in [0.5, 0.6) is 0 Å². The van der Waals surface area contributed by atoms with Crippen molar-refractivity contribution in [1.82, 2.24) is 4.98 Å². The quantitative estimate of drug-likeness (QED) is 0.828. The van der Waals surface area contributed by atoms with E-state index in [9.17, 15) is 0 Å². The molecular formula is C9H9NOS2. The summed E-state index contributed by atoms with van der Waals surface area (Å²) in [5.74, 6) is 0. The summed E-state index contributed by atoms with van der Waals surface area (Å²) >= 11 is 3.24. The highest BCUT2D eigenvalue weighted by Gasteiger charge is 2.08. The fourth-order valence-electron chi connectivity index (χ4n) is 1.08. The van der Waals surface area contributed by atoms with Crippen LogP contribution in [-0.2, 0) is 6.61 Å². The van der Waals surface area contributed by atoms with Gasteiger partial charge in [0.15, 0.2) is 0 Å². The summed E-state index contributed by atoms with van der Waals surface area (Å²) < 4.78 is 0. The first-order valence-electron chi connectivity index (χ1n) is 3.92. The second kappa shape index (κ2) is 3.57. The molecule has 0 atom stereocenters. The second-order valence-corrected chi connectivity index (χ2v) is 4.69. The zero-order valence-electron chi connectivity index (χ0n) is 7.15. The van der Waals surface area contributed by atoms with Crippen LogP contribution in [0.15, 0.2) is 17.5 Å². The average molecular weight is 211 g/mol. The first-order valence-corrected chi connectivity index (χ1v) is 5.62. The Hall–Kier alpha value is -0.710. The Labute approximate surface area is 84.5 Å². The molecule has 0 aliphatic carbocycles. The predicted molar refractivity (Wildman–Crippen MR) is 56.1 cm³/mol. The predicted octanol–water partition coefficient (Wildman–Crippen LogP) is 2.67. The average Bonchev–Trinajstić information content (AvgIpc) is 2.71. The third-order valence-corrected chi connectivity index (χ3v) is 3.95. The summed E-state index contributed by atoms with van der Waals surface area (Å²) in [5, 5.41) is 12.0. The van der Waals surface area contributed by atoms with Crippen LogP contribution in [0.25, 0.3) is 9.88 Å². The molecule has 0 bridgehead atoms. The number of thiazole rings is 1. The molecule has 0 saturated heterocycles. The molecule has 2 aromatic heterocycles. The van der Waals surface area contributed by atoms with Crippen LogP contribution in [0.4, 0.5) is 0 Å². The number of rotatable bonds is 2. The van der Waals surface area contributed by atoms with Crippen molar-refractivity contribution in [1.29, 1.82) is 0 Å². The van der Waals surface area contributed by atoms with E-state index >= 15 is 0 Å². The van der Waals surface area contributed by atoms with Crippen molar-refractivity contribution in [3.63, 3.8) is 0 Å². The van der Waals surface area contributed by atoms with E-state index in [-0.39, 0.29) is 6.61 Å². The van der Waals surface area contributed by atoms with Crippen LogP contribution >= 0.6 is 22.7 Å². The van der Waals surface area contributed by atoms with E-state index in [1.807, 2.05) is 24.4 Å². The minimum absolute atomic E-state index is 0.0921. The van der Waals surface area contributed by atoms with E-state index in [0.717, 1.165) is 15.6 Å². The molecule has 0 amide bonds. The highest BCUT2D eigenvalue weighted by molar-refractivity contribution is 7.21. The molecule has 0 aromatic carbocycles. The van der Waals surface area contributed by atoms with Crippen molar-refractivity contribution in [3.8, 4) is 9.88 Å². The molecule has 1 N–H and O–H groups in total. The minimum Gasteiger partial charge on any atom is -0.391 e. The van der Waals surface area contributed by atoms with Gasteiger partial charge in [0.2, 0.25) is 0 Å². The Balaban J connectivity index is 2.43. The number of aryl methyl sites for hydroxylation is 1. The number of aliphatic hydroxyl groups is 1. The maximum absolute atomic E-state index is 9.00. The number of hydrogen-bond donors (Lipinski definition) is 1. The van der Waals surface area contributed by atoms with Crippen molar-refractivity contribution >= 4 is 22.7 Å². The summed E-state index contributed by atoms with van der Waals surface area (Å²) in [6.45, 7) is 2.02. The van der Waals surface area contributed by atoms with Crippen molar-refractivity contribution in [2.75, 3.05) is 0 Å². The summed E-state index contributed by atoms with van der Waals surface area (Å²) in [6.07, 6.45) is 0. The molecule has 2 aromatic rings. The largest absolute Gasteiger partial charge is 0.391 e. The third kappa shape index (κ3) is 1.65. The van der Waals surface area contributed by atoms with Crippen LogP contribution in [0.3, 0.4) is 0 Å². The van der Waals surface area contributed by atoms with Crippen LogP contribution in [0.2, 0.25) is 0 Å². The van der Waals surface area contributed by atoms with Gasteiger partial charge in [0, 0.05) is 0 Å². The van der Waals surface area contributed by atoms with Crippen LogP contribution in [0.1, 0.15) is 10.6 Å². The molecule has 13 heavy (non-hydrogen) atoms. The fourth-order valence-corrected chi connectivity index (χ4v) is 2.80. The molecule has 0 spiro atoms. The van der Waals surface area contributed by atoms with Gasteiger partial charge in [-0.1, -0.05) is 6.07 Å². The number of hydrogen-bond acceptors (Lipinski definition) is 4. The fraction of sp³-hybridized carbons (Fsp3) is 0.222. The van der Waals surface area contributed by atoms with Gasteiger partial charge in [-0.05, 0) is 18.4 Å². The summed E-state index contributed by atoms with van der Waals surface area (Å²) in [6, 6.07) is 4.06. The van der Waals surface area contributed by atoms with E-state index < -0.39 is 0 Å². The van der Waals surface area contributed by atoms with Gasteiger partial charge in [-0.25, -0.2) is 4.98 Å². The van der Waals surface area contributed by atoms with E-state index in [1.165, 1.54) is 4.88 Å². The van der Waals surface area contributed by atoms with Crippen LogP contribution < -0.4 is 0 Å². The van der Waals surface area contributed by atoms with Crippen LogP contribution in [-0.4, -0.2) is 10.1 Å². The molecule has 0 aliphatic heterocycles. The molecule has 0 fully saturated rings. The highest BCUT2D eigenvalue weighted by Crippen LogP contribution is 2.30. The minimum atomic E-state index is 0.0921. The molecule has 2 nitrogen and oxygen atoms in total. The zero-order valence-corrected chi connectivity index (χ0v) is 8.78. The molecule has 0 radical (unpaired) electrons. The molecule has 0 unspecified atom stereocenters. The summed E-state index contributed by atoms with van der Waals surface area (Å²) in [5.41, 5.74) is 0.941.